The summed E-state index contributed by atoms with van der Waals surface area (Å²) in [6.45, 7) is 8.13. The van der Waals surface area contributed by atoms with Gasteiger partial charge in [-0.25, -0.2) is 0 Å². The van der Waals surface area contributed by atoms with Crippen LogP contribution in [0.2, 0.25) is 0 Å². The molecule has 0 aliphatic rings. The summed E-state index contributed by atoms with van der Waals surface area (Å²) in [5.74, 6) is -0.587. The van der Waals surface area contributed by atoms with Gasteiger partial charge in [-0.1, -0.05) is 38.1 Å². The predicted molar refractivity (Wildman–Crippen MR) is 102 cm³/mol. The molecule has 0 heterocycles. The summed E-state index contributed by atoms with van der Waals surface area (Å²) in [6.07, 6.45) is 4.00. The van der Waals surface area contributed by atoms with Gasteiger partial charge in [0.2, 0.25) is 11.8 Å². The van der Waals surface area contributed by atoms with E-state index in [1.807, 2.05) is 52.0 Å². The second-order valence-corrected chi connectivity index (χ2v) is 5.83. The molecular weight excluding hydrogens is 318 g/mol. The number of ether oxygens (including phenoxy) is 1. The Kier molecular flexibility index (Phi) is 12.0. The second kappa shape index (κ2) is 13.1. The van der Waals surface area contributed by atoms with Crippen molar-refractivity contribution in [2.45, 2.75) is 40.3 Å². The summed E-state index contributed by atoms with van der Waals surface area (Å²) in [5.41, 5.74) is 7.38. The van der Waals surface area contributed by atoms with Crippen molar-refractivity contribution >= 4 is 17.5 Å². The molecule has 1 unspecified atom stereocenters. The minimum atomic E-state index is -0.605. The van der Waals surface area contributed by atoms with Crippen molar-refractivity contribution in [3.05, 3.63) is 42.0 Å². The van der Waals surface area contributed by atoms with E-state index in [9.17, 15) is 9.59 Å². The molecular formula is C19H31N3O3. The molecule has 4 N–H and O–H groups in total. The van der Waals surface area contributed by atoms with Crippen LogP contribution in [0, 0.1) is 5.92 Å². The van der Waals surface area contributed by atoms with Crippen LogP contribution in [0.4, 0.5) is 5.69 Å². The zero-order chi connectivity index (χ0) is 19.2. The molecule has 0 spiro atoms. The molecule has 6 nitrogen and oxygen atoms in total. The molecule has 6 heteroatoms. The quantitative estimate of drug-likeness (QED) is 0.659. The first kappa shape index (κ1) is 22.8. The Balaban J connectivity index is 0.00000129. The number of nitrogens with two attached hydrogens (primary N) is 1. The van der Waals surface area contributed by atoms with Crippen molar-refractivity contribution in [3.8, 4) is 0 Å². The van der Waals surface area contributed by atoms with E-state index >= 15 is 0 Å². The Morgan fingerprint density at radius 1 is 1.16 bits per heavy atom. The maximum absolute atomic E-state index is 11.7. The van der Waals surface area contributed by atoms with Gasteiger partial charge in [0.25, 0.3) is 0 Å². The lowest BCUT2D eigenvalue weighted by Crippen LogP contribution is -2.46. The van der Waals surface area contributed by atoms with Crippen LogP contribution < -0.4 is 16.4 Å². The number of carbonyl (C=O) groups is 2. The van der Waals surface area contributed by atoms with E-state index in [1.165, 1.54) is 0 Å². The van der Waals surface area contributed by atoms with E-state index in [0.29, 0.717) is 12.3 Å². The van der Waals surface area contributed by atoms with Crippen LogP contribution in [0.3, 0.4) is 0 Å². The Hall–Kier alpha value is -2.18. The lowest BCUT2D eigenvalue weighted by molar-refractivity contribution is -0.125. The second-order valence-electron chi connectivity index (χ2n) is 5.83. The summed E-state index contributed by atoms with van der Waals surface area (Å²) >= 11 is 0. The van der Waals surface area contributed by atoms with Crippen molar-refractivity contribution in [3.63, 3.8) is 0 Å². The molecule has 0 aliphatic carbocycles. The lowest BCUT2D eigenvalue weighted by Gasteiger charge is -2.15. The first-order chi connectivity index (χ1) is 11.8. The van der Waals surface area contributed by atoms with Crippen LogP contribution >= 0.6 is 0 Å². The van der Waals surface area contributed by atoms with Gasteiger partial charge in [-0.15, -0.1) is 0 Å². The molecule has 0 saturated carbocycles. The average molecular weight is 349 g/mol. The molecule has 1 aromatic rings. The van der Waals surface area contributed by atoms with Crippen LogP contribution in [0.25, 0.3) is 0 Å². The van der Waals surface area contributed by atoms with Gasteiger partial charge in [-0.3, -0.25) is 9.59 Å². The highest BCUT2D eigenvalue weighted by atomic mass is 16.5. The molecule has 1 atom stereocenters. The number of anilines is 1. The normalized spacial score (nSPS) is 11.6. The number of allylic oxidation sites excluding steroid dienone is 2. The van der Waals surface area contributed by atoms with Crippen LogP contribution in [0.15, 0.2) is 36.4 Å². The van der Waals surface area contributed by atoms with Crippen LogP contribution in [0.5, 0.6) is 0 Å². The fourth-order valence-electron chi connectivity index (χ4n) is 1.64. The number of hydrogen-bond acceptors (Lipinski definition) is 4. The smallest absolute Gasteiger partial charge is 0.243 e. The van der Waals surface area contributed by atoms with E-state index in [1.54, 1.807) is 19.2 Å². The fraction of sp³-hybridized carbons (Fsp3) is 0.474. The van der Waals surface area contributed by atoms with Crippen LogP contribution in [0.1, 0.15) is 33.3 Å². The van der Waals surface area contributed by atoms with Crippen molar-refractivity contribution in [2.24, 2.45) is 11.7 Å². The summed E-state index contributed by atoms with van der Waals surface area (Å²) < 4.78 is 5.01. The van der Waals surface area contributed by atoms with Gasteiger partial charge >= 0.3 is 0 Å². The van der Waals surface area contributed by atoms with E-state index in [2.05, 4.69) is 10.6 Å². The molecule has 0 fully saturated rings. The minimum absolute atomic E-state index is 0.0291. The number of nitrogens with one attached hydrogen (secondary N) is 2. The molecule has 0 saturated heterocycles. The van der Waals surface area contributed by atoms with Crippen LogP contribution in [-0.2, 0) is 20.9 Å². The molecule has 0 aromatic heterocycles. The largest absolute Gasteiger partial charge is 0.380 e. The molecule has 0 radical (unpaired) electrons. The van der Waals surface area contributed by atoms with Gasteiger partial charge in [0, 0.05) is 12.8 Å². The molecule has 1 aromatic carbocycles. The molecule has 1 rings (SSSR count). The van der Waals surface area contributed by atoms with E-state index in [4.69, 9.17) is 10.5 Å². The van der Waals surface area contributed by atoms with E-state index < -0.39 is 6.04 Å². The fourth-order valence-corrected chi connectivity index (χ4v) is 1.64. The van der Waals surface area contributed by atoms with Crippen LogP contribution in [-0.4, -0.2) is 31.5 Å². The van der Waals surface area contributed by atoms with Gasteiger partial charge in [-0.2, -0.15) is 0 Å². The summed E-state index contributed by atoms with van der Waals surface area (Å²) in [5, 5.41) is 5.22. The highest BCUT2D eigenvalue weighted by molar-refractivity contribution is 5.95. The predicted octanol–water partition coefficient (Wildman–Crippen LogP) is 2.45. The molecule has 25 heavy (non-hydrogen) atoms. The van der Waals surface area contributed by atoms with Gasteiger partial charge in [0.15, 0.2) is 0 Å². The van der Waals surface area contributed by atoms with Crippen molar-refractivity contribution in [2.75, 3.05) is 19.0 Å². The number of hydrogen-bond donors (Lipinski definition) is 3. The van der Waals surface area contributed by atoms with Crippen molar-refractivity contribution in [1.82, 2.24) is 5.32 Å². The summed E-state index contributed by atoms with van der Waals surface area (Å²) in [7, 11) is 1.63. The average Bonchev–Trinajstić information content (AvgIpc) is 2.61. The maximum atomic E-state index is 11.7. The molecule has 0 bridgehead atoms. The standard InChI is InChI=1S/C15H23N3O3.C4H8/c1-10(2)14(16)15(20)17-8-13(19)18-12-6-4-11(5-7-12)9-21-3;1-3-4-2/h4-7,10,14H,8-9,16H2,1-3H3,(H,17,20)(H,18,19);3-4H,1-2H3. The Labute approximate surface area is 150 Å². The highest BCUT2D eigenvalue weighted by Crippen LogP contribution is 2.10. The first-order valence-corrected chi connectivity index (χ1v) is 8.34. The monoisotopic (exact) mass is 349 g/mol. The molecule has 2 amide bonds. The van der Waals surface area contributed by atoms with E-state index in [0.717, 1.165) is 5.56 Å². The molecule has 140 valence electrons. The molecule has 0 aliphatic heterocycles. The third-order valence-corrected chi connectivity index (χ3v) is 3.33. The van der Waals surface area contributed by atoms with E-state index in [-0.39, 0.29) is 24.3 Å². The Bertz CT molecular complexity index is 535. The van der Waals surface area contributed by atoms with Gasteiger partial charge in [-0.05, 0) is 37.5 Å². The Morgan fingerprint density at radius 2 is 1.72 bits per heavy atom. The number of rotatable bonds is 7. The topological polar surface area (TPSA) is 93.5 Å². The van der Waals surface area contributed by atoms with Gasteiger partial charge in [0.1, 0.15) is 0 Å². The first-order valence-electron chi connectivity index (χ1n) is 8.34. The third kappa shape index (κ3) is 10.3. The minimum Gasteiger partial charge on any atom is -0.380 e. The maximum Gasteiger partial charge on any atom is 0.243 e. The number of methoxy groups -OCH3 is 1. The zero-order valence-electron chi connectivity index (χ0n) is 15.8. The SMILES string of the molecule is CC=CC.COCc1ccc(NC(=O)CNC(=O)C(N)C(C)C)cc1. The Morgan fingerprint density at radius 3 is 2.16 bits per heavy atom. The number of benzene rings is 1. The van der Waals surface area contributed by atoms with Gasteiger partial charge in [0.05, 0.1) is 19.2 Å². The van der Waals surface area contributed by atoms with Crippen molar-refractivity contribution in [1.29, 1.82) is 0 Å². The highest BCUT2D eigenvalue weighted by Gasteiger charge is 2.17. The van der Waals surface area contributed by atoms with Crippen molar-refractivity contribution < 1.29 is 14.3 Å². The van der Waals surface area contributed by atoms with Gasteiger partial charge < -0.3 is 21.1 Å². The summed E-state index contributed by atoms with van der Waals surface area (Å²) in [6, 6.07) is 6.70. The number of carbonyl (C=O) groups excluding carboxylic acids is 2. The number of amides is 2. The lowest BCUT2D eigenvalue weighted by atomic mass is 10.1. The zero-order valence-corrected chi connectivity index (χ0v) is 15.8. The third-order valence-electron chi connectivity index (χ3n) is 3.33. The summed E-state index contributed by atoms with van der Waals surface area (Å²) in [4.78, 5) is 23.4.